The van der Waals surface area contributed by atoms with Crippen molar-refractivity contribution in [2.75, 3.05) is 6.54 Å². The van der Waals surface area contributed by atoms with Crippen molar-refractivity contribution in [3.63, 3.8) is 0 Å². The predicted octanol–water partition coefficient (Wildman–Crippen LogP) is 2.33. The van der Waals surface area contributed by atoms with E-state index in [2.05, 4.69) is 16.6 Å². The lowest BCUT2D eigenvalue weighted by Gasteiger charge is -2.26. The predicted molar refractivity (Wildman–Crippen MR) is 70.5 cm³/mol. The fourth-order valence-corrected chi connectivity index (χ4v) is 3.73. The highest BCUT2D eigenvalue weighted by atomic mass is 32.2. The SMILES string of the molecule is CC1CCCC(CNS(=O)(=O)c2ncccc2F)C1. The summed E-state index contributed by atoms with van der Waals surface area (Å²) in [5, 5.41) is -0.515. The second-order valence-corrected chi connectivity index (χ2v) is 6.96. The van der Waals surface area contributed by atoms with Crippen LogP contribution < -0.4 is 4.72 Å². The van der Waals surface area contributed by atoms with E-state index in [0.29, 0.717) is 18.4 Å². The van der Waals surface area contributed by atoms with Crippen molar-refractivity contribution in [3.8, 4) is 0 Å². The molecule has 2 atom stereocenters. The Morgan fingerprint density at radius 3 is 2.95 bits per heavy atom. The lowest BCUT2D eigenvalue weighted by molar-refractivity contribution is 0.283. The van der Waals surface area contributed by atoms with Crippen LogP contribution in [-0.2, 0) is 10.0 Å². The molecule has 0 aliphatic heterocycles. The summed E-state index contributed by atoms with van der Waals surface area (Å²) >= 11 is 0. The van der Waals surface area contributed by atoms with Gasteiger partial charge in [0.1, 0.15) is 0 Å². The molecule has 0 aromatic carbocycles. The summed E-state index contributed by atoms with van der Waals surface area (Å²) < 4.78 is 39.8. The third kappa shape index (κ3) is 3.73. The molecule has 1 fully saturated rings. The van der Waals surface area contributed by atoms with Crippen molar-refractivity contribution in [1.82, 2.24) is 9.71 Å². The quantitative estimate of drug-likeness (QED) is 0.924. The zero-order chi connectivity index (χ0) is 13.9. The van der Waals surface area contributed by atoms with Crippen molar-refractivity contribution in [2.45, 2.75) is 37.6 Å². The normalized spacial score (nSPS) is 24.3. The monoisotopic (exact) mass is 286 g/mol. The topological polar surface area (TPSA) is 59.1 Å². The summed E-state index contributed by atoms with van der Waals surface area (Å²) in [6, 6.07) is 2.47. The second kappa shape index (κ2) is 5.96. The molecule has 6 heteroatoms. The van der Waals surface area contributed by atoms with Crippen LogP contribution in [0.15, 0.2) is 23.4 Å². The summed E-state index contributed by atoms with van der Waals surface area (Å²) in [5.74, 6) is 0.159. The molecule has 1 N–H and O–H groups in total. The maximum Gasteiger partial charge on any atom is 0.261 e. The van der Waals surface area contributed by atoms with E-state index in [9.17, 15) is 12.8 Å². The van der Waals surface area contributed by atoms with Gasteiger partial charge in [-0.05, 0) is 36.8 Å². The number of aromatic nitrogens is 1. The van der Waals surface area contributed by atoms with Crippen LogP contribution in [0.4, 0.5) is 4.39 Å². The average Bonchev–Trinajstić information content (AvgIpc) is 2.37. The third-order valence-electron chi connectivity index (χ3n) is 3.59. The molecule has 4 nitrogen and oxygen atoms in total. The van der Waals surface area contributed by atoms with Crippen molar-refractivity contribution < 1.29 is 12.8 Å². The van der Waals surface area contributed by atoms with Crippen LogP contribution >= 0.6 is 0 Å². The molecule has 1 aliphatic carbocycles. The lowest BCUT2D eigenvalue weighted by atomic mass is 9.83. The van der Waals surface area contributed by atoms with Gasteiger partial charge >= 0.3 is 0 Å². The minimum absolute atomic E-state index is 0.338. The molecule has 0 bridgehead atoms. The Kier molecular flexibility index (Phi) is 4.52. The van der Waals surface area contributed by atoms with E-state index in [1.165, 1.54) is 18.7 Å². The van der Waals surface area contributed by atoms with E-state index >= 15 is 0 Å². The Balaban J connectivity index is 2.00. The Labute approximate surface area is 113 Å². The minimum Gasteiger partial charge on any atom is -0.241 e. The van der Waals surface area contributed by atoms with E-state index in [4.69, 9.17) is 0 Å². The summed E-state index contributed by atoms with van der Waals surface area (Å²) in [6.07, 6.45) is 5.66. The number of halogens is 1. The van der Waals surface area contributed by atoms with Gasteiger partial charge < -0.3 is 0 Å². The Morgan fingerprint density at radius 1 is 1.47 bits per heavy atom. The molecule has 106 valence electrons. The highest BCUT2D eigenvalue weighted by Gasteiger charge is 2.24. The van der Waals surface area contributed by atoms with Crippen LogP contribution in [0.5, 0.6) is 0 Å². The number of pyridine rings is 1. The van der Waals surface area contributed by atoms with Crippen molar-refractivity contribution >= 4 is 10.0 Å². The second-order valence-electron chi connectivity index (χ2n) is 5.28. The molecular formula is C13H19FN2O2S. The Bertz CT molecular complexity index is 533. The molecule has 2 unspecified atom stereocenters. The maximum absolute atomic E-state index is 13.4. The smallest absolute Gasteiger partial charge is 0.241 e. The van der Waals surface area contributed by atoms with Gasteiger partial charge in [-0.25, -0.2) is 22.5 Å². The van der Waals surface area contributed by atoms with E-state index in [0.717, 1.165) is 25.3 Å². The first-order valence-electron chi connectivity index (χ1n) is 6.59. The van der Waals surface area contributed by atoms with Gasteiger partial charge in [-0.1, -0.05) is 19.8 Å². The molecule has 2 rings (SSSR count). The van der Waals surface area contributed by atoms with Gasteiger partial charge in [-0.15, -0.1) is 0 Å². The molecule has 19 heavy (non-hydrogen) atoms. The van der Waals surface area contributed by atoms with Gasteiger partial charge in [0.05, 0.1) is 0 Å². The molecule has 0 amide bonds. The highest BCUT2D eigenvalue weighted by molar-refractivity contribution is 7.89. The van der Waals surface area contributed by atoms with Gasteiger partial charge in [0, 0.05) is 12.7 Å². The van der Waals surface area contributed by atoms with Gasteiger partial charge in [-0.3, -0.25) is 0 Å². The molecule has 0 radical (unpaired) electrons. The molecular weight excluding hydrogens is 267 g/mol. The van der Waals surface area contributed by atoms with Crippen LogP contribution in [0.1, 0.15) is 32.6 Å². The maximum atomic E-state index is 13.4. The van der Waals surface area contributed by atoms with Crippen LogP contribution in [0, 0.1) is 17.7 Å². The van der Waals surface area contributed by atoms with E-state index in [-0.39, 0.29) is 0 Å². The standard InChI is InChI=1S/C13H19FN2O2S/c1-10-4-2-5-11(8-10)9-16-19(17,18)13-12(14)6-3-7-15-13/h3,6-7,10-11,16H,2,4-5,8-9H2,1H3. The van der Waals surface area contributed by atoms with Gasteiger partial charge in [0.15, 0.2) is 5.82 Å². The fraction of sp³-hybridized carbons (Fsp3) is 0.615. The Hall–Kier alpha value is -1.01. The fourth-order valence-electron chi connectivity index (χ4n) is 2.61. The zero-order valence-electron chi connectivity index (χ0n) is 11.0. The van der Waals surface area contributed by atoms with Crippen LogP contribution in [0.25, 0.3) is 0 Å². The third-order valence-corrected chi connectivity index (χ3v) is 4.94. The van der Waals surface area contributed by atoms with Crippen molar-refractivity contribution in [3.05, 3.63) is 24.1 Å². The molecule has 1 aliphatic rings. The Morgan fingerprint density at radius 2 is 2.26 bits per heavy atom. The van der Waals surface area contributed by atoms with Gasteiger partial charge in [0.2, 0.25) is 5.03 Å². The first-order chi connectivity index (χ1) is 8.99. The van der Waals surface area contributed by atoms with Crippen LogP contribution in [0.2, 0.25) is 0 Å². The zero-order valence-corrected chi connectivity index (χ0v) is 11.8. The summed E-state index contributed by atoms with van der Waals surface area (Å²) in [4.78, 5) is 3.60. The summed E-state index contributed by atoms with van der Waals surface area (Å²) in [6.45, 7) is 2.54. The molecule has 0 saturated heterocycles. The van der Waals surface area contributed by atoms with E-state index in [1.807, 2.05) is 0 Å². The number of hydrogen-bond acceptors (Lipinski definition) is 3. The average molecular weight is 286 g/mol. The minimum atomic E-state index is -3.84. The van der Waals surface area contributed by atoms with Crippen molar-refractivity contribution in [2.24, 2.45) is 11.8 Å². The summed E-state index contributed by atoms with van der Waals surface area (Å²) in [5.41, 5.74) is 0. The molecule has 1 heterocycles. The number of rotatable bonds is 4. The summed E-state index contributed by atoms with van der Waals surface area (Å²) in [7, 11) is -3.84. The molecule has 0 spiro atoms. The number of sulfonamides is 1. The number of hydrogen-bond donors (Lipinski definition) is 1. The first-order valence-corrected chi connectivity index (χ1v) is 8.07. The first kappa shape index (κ1) is 14.4. The molecule has 1 saturated carbocycles. The largest absolute Gasteiger partial charge is 0.261 e. The van der Waals surface area contributed by atoms with E-state index < -0.39 is 20.9 Å². The number of nitrogens with one attached hydrogen (secondary N) is 1. The molecule has 1 aromatic rings. The van der Waals surface area contributed by atoms with Crippen LogP contribution in [0.3, 0.4) is 0 Å². The molecule has 1 aromatic heterocycles. The van der Waals surface area contributed by atoms with Gasteiger partial charge in [-0.2, -0.15) is 0 Å². The van der Waals surface area contributed by atoms with E-state index in [1.54, 1.807) is 0 Å². The van der Waals surface area contributed by atoms with Crippen molar-refractivity contribution in [1.29, 1.82) is 0 Å². The lowest BCUT2D eigenvalue weighted by Crippen LogP contribution is -2.32. The highest BCUT2D eigenvalue weighted by Crippen LogP contribution is 2.28. The van der Waals surface area contributed by atoms with Gasteiger partial charge in [0.25, 0.3) is 10.0 Å². The van der Waals surface area contributed by atoms with Crippen LogP contribution in [-0.4, -0.2) is 19.9 Å². The number of nitrogens with zero attached hydrogens (tertiary/aromatic N) is 1.